The van der Waals surface area contributed by atoms with Crippen LogP contribution in [-0.4, -0.2) is 53.3 Å². The van der Waals surface area contributed by atoms with E-state index in [1.54, 1.807) is 31.2 Å². The SMILES string of the molecule is Cc1cc(I)cc(C(=O)NCC#N)c1NC(=O)c1cc(Cn2nnc(C(F)(F)F)n2)nn1-c1ncccc1Br. The summed E-state index contributed by atoms with van der Waals surface area (Å²) in [7, 11) is 0. The minimum atomic E-state index is -4.77. The van der Waals surface area contributed by atoms with Gasteiger partial charge < -0.3 is 10.6 Å². The molecule has 0 radical (unpaired) electrons. The van der Waals surface area contributed by atoms with Crippen LogP contribution in [0.25, 0.3) is 5.82 Å². The van der Waals surface area contributed by atoms with E-state index >= 15 is 0 Å². The molecule has 0 saturated carbocycles. The zero-order valence-electron chi connectivity index (χ0n) is 19.7. The Kier molecular flexibility index (Phi) is 8.25. The molecule has 0 aliphatic carbocycles. The van der Waals surface area contributed by atoms with Gasteiger partial charge in [0.15, 0.2) is 5.82 Å². The van der Waals surface area contributed by atoms with Crippen molar-refractivity contribution in [3.8, 4) is 11.9 Å². The summed E-state index contributed by atoms with van der Waals surface area (Å²) in [5.41, 5.74) is 1.02. The summed E-state index contributed by atoms with van der Waals surface area (Å²) in [6.07, 6.45) is -3.30. The van der Waals surface area contributed by atoms with E-state index in [4.69, 9.17) is 5.26 Å². The van der Waals surface area contributed by atoms with E-state index in [9.17, 15) is 22.8 Å². The highest BCUT2D eigenvalue weighted by molar-refractivity contribution is 14.1. The van der Waals surface area contributed by atoms with Crippen molar-refractivity contribution in [1.29, 1.82) is 5.26 Å². The van der Waals surface area contributed by atoms with Gasteiger partial charge in [0.25, 0.3) is 17.6 Å². The lowest BCUT2D eigenvalue weighted by Gasteiger charge is -2.15. The van der Waals surface area contributed by atoms with Gasteiger partial charge in [-0.2, -0.15) is 28.3 Å². The molecule has 200 valence electrons. The van der Waals surface area contributed by atoms with Crippen LogP contribution in [0.5, 0.6) is 0 Å². The lowest BCUT2D eigenvalue weighted by atomic mass is 10.1. The second kappa shape index (κ2) is 11.4. The third kappa shape index (κ3) is 6.39. The molecule has 0 spiro atoms. The summed E-state index contributed by atoms with van der Waals surface area (Å²) < 4.78 is 41.1. The normalized spacial score (nSPS) is 11.2. The molecule has 0 unspecified atom stereocenters. The van der Waals surface area contributed by atoms with Gasteiger partial charge in [-0.15, -0.1) is 10.2 Å². The Morgan fingerprint density at radius 2 is 1.97 bits per heavy atom. The number of amides is 2. The summed E-state index contributed by atoms with van der Waals surface area (Å²) in [5, 5.41) is 28.1. The molecule has 17 heteroatoms. The molecular formula is C22H15BrF3IN10O2. The van der Waals surface area contributed by atoms with Crippen LogP contribution in [0.2, 0.25) is 0 Å². The van der Waals surface area contributed by atoms with Crippen molar-refractivity contribution >= 4 is 56.0 Å². The van der Waals surface area contributed by atoms with E-state index in [1.807, 2.05) is 28.7 Å². The Bertz CT molecular complexity index is 1610. The van der Waals surface area contributed by atoms with Crippen LogP contribution in [0.15, 0.2) is 41.0 Å². The first kappa shape index (κ1) is 28.1. The maximum Gasteiger partial charge on any atom is 0.455 e. The highest BCUT2D eigenvalue weighted by Gasteiger charge is 2.37. The summed E-state index contributed by atoms with van der Waals surface area (Å²) in [4.78, 5) is 31.2. The number of alkyl halides is 3. The highest BCUT2D eigenvalue weighted by Crippen LogP contribution is 2.27. The van der Waals surface area contributed by atoms with Gasteiger partial charge in [-0.3, -0.25) is 9.59 Å². The number of carbonyl (C=O) groups excluding carboxylic acids is 2. The molecule has 0 aliphatic heterocycles. The highest BCUT2D eigenvalue weighted by atomic mass is 127. The lowest BCUT2D eigenvalue weighted by Crippen LogP contribution is -2.26. The van der Waals surface area contributed by atoms with E-state index in [0.29, 0.717) is 14.8 Å². The number of nitrogens with zero attached hydrogens (tertiary/aromatic N) is 8. The largest absolute Gasteiger partial charge is 0.455 e. The molecule has 4 aromatic rings. The molecule has 39 heavy (non-hydrogen) atoms. The van der Waals surface area contributed by atoms with Gasteiger partial charge in [0.1, 0.15) is 18.8 Å². The quantitative estimate of drug-likeness (QED) is 0.218. The number of anilines is 1. The Morgan fingerprint density at radius 3 is 2.64 bits per heavy atom. The molecule has 0 atom stereocenters. The number of aryl methyl sites for hydroxylation is 1. The predicted octanol–water partition coefficient (Wildman–Crippen LogP) is 3.50. The average Bonchev–Trinajstić information content (AvgIpc) is 3.52. The maximum absolute atomic E-state index is 13.5. The lowest BCUT2D eigenvalue weighted by molar-refractivity contribution is -0.145. The minimum Gasteiger partial charge on any atom is -0.339 e. The van der Waals surface area contributed by atoms with Crippen LogP contribution in [0, 0.1) is 21.8 Å². The number of nitrogens with one attached hydrogen (secondary N) is 2. The van der Waals surface area contributed by atoms with Crippen molar-refractivity contribution in [2.24, 2.45) is 0 Å². The van der Waals surface area contributed by atoms with Crippen molar-refractivity contribution in [2.45, 2.75) is 19.6 Å². The first-order valence-electron chi connectivity index (χ1n) is 10.8. The zero-order chi connectivity index (χ0) is 28.3. The van der Waals surface area contributed by atoms with Gasteiger partial charge >= 0.3 is 6.18 Å². The average molecular weight is 715 g/mol. The number of pyridine rings is 1. The van der Waals surface area contributed by atoms with Crippen molar-refractivity contribution in [3.05, 3.63) is 72.9 Å². The molecule has 3 aromatic heterocycles. The van der Waals surface area contributed by atoms with E-state index < -0.39 is 23.8 Å². The number of carbonyl (C=O) groups is 2. The second-order valence-electron chi connectivity index (χ2n) is 7.82. The molecule has 0 fully saturated rings. The molecule has 0 aliphatic rings. The third-order valence-corrected chi connectivity index (χ3v) is 6.30. The van der Waals surface area contributed by atoms with Gasteiger partial charge in [-0.1, -0.05) is 0 Å². The molecule has 2 amide bonds. The number of aromatic nitrogens is 7. The fourth-order valence-corrected chi connectivity index (χ4v) is 4.61. The Balaban J connectivity index is 1.73. The van der Waals surface area contributed by atoms with E-state index in [2.05, 4.69) is 52.1 Å². The standard InChI is InChI=1S/C22H15BrF3IN10O2/c1-11-7-12(27)8-14(19(38)30-6-4-28)17(11)31-20(39)16-9-13(10-36-34-21(32-35-36)22(24,25)26)33-37(16)18-15(23)3-2-5-29-18/h2-3,5,7-9H,6,10H2,1H3,(H,30,38)(H,31,39). The van der Waals surface area contributed by atoms with E-state index in [0.717, 1.165) is 3.57 Å². The smallest absolute Gasteiger partial charge is 0.339 e. The third-order valence-electron chi connectivity index (χ3n) is 5.05. The van der Waals surface area contributed by atoms with E-state index in [1.165, 1.54) is 16.9 Å². The molecule has 4 rings (SSSR count). The zero-order valence-corrected chi connectivity index (χ0v) is 23.4. The van der Waals surface area contributed by atoms with Gasteiger partial charge in [-0.05, 0) is 86.6 Å². The number of hydrogen-bond acceptors (Lipinski definition) is 8. The predicted molar refractivity (Wildman–Crippen MR) is 141 cm³/mol. The summed E-state index contributed by atoms with van der Waals surface area (Å²) in [5.74, 6) is -2.44. The van der Waals surface area contributed by atoms with Gasteiger partial charge in [0.05, 0.1) is 27.5 Å². The van der Waals surface area contributed by atoms with Gasteiger partial charge in [-0.25, -0.2) is 9.67 Å². The van der Waals surface area contributed by atoms with Crippen LogP contribution < -0.4 is 10.6 Å². The van der Waals surface area contributed by atoms with E-state index in [-0.39, 0.29) is 41.5 Å². The molecule has 1 aromatic carbocycles. The van der Waals surface area contributed by atoms with Crippen LogP contribution >= 0.6 is 38.5 Å². The first-order valence-corrected chi connectivity index (χ1v) is 12.7. The van der Waals surface area contributed by atoms with Crippen molar-refractivity contribution in [3.63, 3.8) is 0 Å². The summed E-state index contributed by atoms with van der Waals surface area (Å²) >= 11 is 5.38. The Morgan fingerprint density at radius 1 is 1.21 bits per heavy atom. The fraction of sp³-hybridized carbons (Fsp3) is 0.182. The number of nitriles is 1. The van der Waals surface area contributed by atoms with Gasteiger partial charge in [0.2, 0.25) is 0 Å². The number of halogens is 5. The Labute approximate surface area is 239 Å². The molecule has 0 bridgehead atoms. The molecule has 3 heterocycles. The van der Waals surface area contributed by atoms with Crippen LogP contribution in [0.3, 0.4) is 0 Å². The van der Waals surface area contributed by atoms with Crippen molar-refractivity contribution in [2.75, 3.05) is 11.9 Å². The first-order chi connectivity index (χ1) is 18.5. The number of rotatable bonds is 7. The maximum atomic E-state index is 13.5. The number of hydrogen-bond donors (Lipinski definition) is 2. The van der Waals surface area contributed by atoms with Crippen molar-refractivity contribution in [1.82, 2.24) is 40.3 Å². The molecular weight excluding hydrogens is 700 g/mol. The molecule has 2 N–H and O–H groups in total. The fourth-order valence-electron chi connectivity index (χ4n) is 3.41. The van der Waals surface area contributed by atoms with Crippen LogP contribution in [-0.2, 0) is 12.7 Å². The number of tetrazole rings is 1. The van der Waals surface area contributed by atoms with Crippen LogP contribution in [0.1, 0.15) is 37.9 Å². The molecule has 0 saturated heterocycles. The minimum absolute atomic E-state index is 0.0399. The van der Waals surface area contributed by atoms with Crippen LogP contribution in [0.4, 0.5) is 18.9 Å². The summed E-state index contributed by atoms with van der Waals surface area (Å²) in [6, 6.07) is 9.79. The number of benzene rings is 1. The molecule has 12 nitrogen and oxygen atoms in total. The van der Waals surface area contributed by atoms with Gasteiger partial charge in [0, 0.05) is 9.77 Å². The second-order valence-corrected chi connectivity index (χ2v) is 9.92. The van der Waals surface area contributed by atoms with Crippen molar-refractivity contribution < 1.29 is 22.8 Å². The monoisotopic (exact) mass is 714 g/mol. The Hall–Kier alpha value is -3.92. The topological polar surface area (TPSA) is 156 Å². The summed E-state index contributed by atoms with van der Waals surface area (Å²) in [6.45, 7) is 1.14.